The summed E-state index contributed by atoms with van der Waals surface area (Å²) < 4.78 is 69.2. The lowest BCUT2D eigenvalue weighted by molar-refractivity contribution is -0.141. The molecule has 0 bridgehead atoms. The number of nitrogens with one attached hydrogen (secondary N) is 1. The summed E-state index contributed by atoms with van der Waals surface area (Å²) in [6, 6.07) is 12.1. The maximum Gasteiger partial charge on any atom is 0.433 e. The molecule has 1 aromatic heterocycles. The van der Waals surface area contributed by atoms with Gasteiger partial charge in [-0.05, 0) is 41.0 Å². The third-order valence-corrected chi connectivity index (χ3v) is 4.87. The van der Waals surface area contributed by atoms with E-state index < -0.39 is 24.4 Å². The van der Waals surface area contributed by atoms with Crippen LogP contribution < -0.4 is 10.2 Å². The van der Waals surface area contributed by atoms with Crippen LogP contribution in [0.3, 0.4) is 0 Å². The molecule has 0 spiro atoms. The van der Waals surface area contributed by atoms with Crippen molar-refractivity contribution in [1.29, 1.82) is 0 Å². The fourth-order valence-corrected chi connectivity index (χ4v) is 3.35. The quantitative estimate of drug-likeness (QED) is 0.476. The maximum absolute atomic E-state index is 13.0. The predicted molar refractivity (Wildman–Crippen MR) is 111 cm³/mol. The molecule has 1 N–H and O–H groups in total. The highest BCUT2D eigenvalue weighted by molar-refractivity contribution is 5.91. The Morgan fingerprint density at radius 2 is 1.82 bits per heavy atom. The van der Waals surface area contributed by atoms with E-state index in [0.717, 1.165) is 12.3 Å². The van der Waals surface area contributed by atoms with Crippen LogP contribution in [0.15, 0.2) is 54.7 Å². The summed E-state index contributed by atoms with van der Waals surface area (Å²) in [5.74, 6) is -0.274. The van der Waals surface area contributed by atoms with Gasteiger partial charge in [0.1, 0.15) is 12.3 Å². The topological polar surface area (TPSA) is 67.3 Å². The number of benzene rings is 2. The molecule has 0 unspecified atom stereocenters. The summed E-state index contributed by atoms with van der Waals surface area (Å²) in [5, 5.41) is 2.74. The summed E-state index contributed by atoms with van der Waals surface area (Å²) >= 11 is 0. The molecule has 172 valence electrons. The fraction of sp³-hybridized carbons (Fsp3) is 0.227. The lowest BCUT2D eigenvalue weighted by Crippen LogP contribution is -2.23. The average molecular weight is 464 g/mol. The Hall–Kier alpha value is -3.76. The molecule has 0 radical (unpaired) electrons. The van der Waals surface area contributed by atoms with Crippen molar-refractivity contribution in [2.75, 3.05) is 23.4 Å². The largest absolute Gasteiger partial charge is 0.447 e. The molecule has 4 rings (SSSR count). The molecular formula is C22H17F5N4O2. The third-order valence-electron chi connectivity index (χ3n) is 4.87. The number of nitrogens with zero attached hydrogens (tertiary/aromatic N) is 3. The van der Waals surface area contributed by atoms with Gasteiger partial charge in [0.05, 0.1) is 6.54 Å². The number of amides is 1. The number of carbonyl (C=O) groups excluding carboxylic acids is 1. The van der Waals surface area contributed by atoms with Crippen molar-refractivity contribution in [3.05, 3.63) is 66.0 Å². The van der Waals surface area contributed by atoms with E-state index in [-0.39, 0.29) is 19.0 Å². The Morgan fingerprint density at radius 3 is 2.45 bits per heavy atom. The van der Waals surface area contributed by atoms with E-state index in [2.05, 4.69) is 15.3 Å². The molecule has 1 amide bonds. The Morgan fingerprint density at radius 1 is 1.06 bits per heavy atom. The van der Waals surface area contributed by atoms with Gasteiger partial charge in [0.2, 0.25) is 12.4 Å². The van der Waals surface area contributed by atoms with Gasteiger partial charge >= 0.3 is 12.3 Å². The van der Waals surface area contributed by atoms with Crippen molar-refractivity contribution in [2.45, 2.75) is 19.0 Å². The molecule has 33 heavy (non-hydrogen) atoms. The number of aromatic nitrogens is 2. The number of halogens is 5. The molecule has 6 nitrogen and oxygen atoms in total. The average Bonchev–Trinajstić information content (AvgIpc) is 3.19. The van der Waals surface area contributed by atoms with Crippen LogP contribution in [0.4, 0.5) is 44.1 Å². The lowest BCUT2D eigenvalue weighted by Gasteiger charge is -2.17. The van der Waals surface area contributed by atoms with E-state index in [1.165, 1.54) is 4.90 Å². The zero-order valence-electron chi connectivity index (χ0n) is 16.9. The van der Waals surface area contributed by atoms with Crippen molar-refractivity contribution in [3.63, 3.8) is 0 Å². The Balaban J connectivity index is 1.70. The molecule has 2 aromatic carbocycles. The molecule has 3 aromatic rings. The van der Waals surface area contributed by atoms with Crippen LogP contribution >= 0.6 is 0 Å². The van der Waals surface area contributed by atoms with Crippen molar-refractivity contribution < 1.29 is 31.5 Å². The van der Waals surface area contributed by atoms with Crippen LogP contribution in [-0.2, 0) is 17.3 Å². The third kappa shape index (κ3) is 5.36. The SMILES string of the molecule is O=C1OCCN1c1cc(Nc2nccc(C(F)(F)F)n2)cc(-c2ccc(CC(F)F)cc2)c1. The van der Waals surface area contributed by atoms with E-state index in [1.54, 1.807) is 42.5 Å². The second kappa shape index (κ2) is 9.00. The summed E-state index contributed by atoms with van der Waals surface area (Å²) in [7, 11) is 0. The molecule has 0 saturated carbocycles. The first-order valence-corrected chi connectivity index (χ1v) is 9.83. The van der Waals surface area contributed by atoms with Gasteiger partial charge < -0.3 is 10.1 Å². The van der Waals surface area contributed by atoms with Gasteiger partial charge in [0, 0.05) is 24.0 Å². The number of alkyl halides is 5. The second-order valence-electron chi connectivity index (χ2n) is 7.21. The first kappa shape index (κ1) is 22.4. The van der Waals surface area contributed by atoms with E-state index in [9.17, 15) is 26.7 Å². The van der Waals surface area contributed by atoms with Gasteiger partial charge in [-0.15, -0.1) is 0 Å². The Kier molecular flexibility index (Phi) is 6.12. The zero-order chi connectivity index (χ0) is 23.6. The predicted octanol–water partition coefficient (Wildman–Crippen LogP) is 5.67. The van der Waals surface area contributed by atoms with E-state index in [0.29, 0.717) is 34.6 Å². The van der Waals surface area contributed by atoms with Crippen molar-refractivity contribution in [2.24, 2.45) is 0 Å². The van der Waals surface area contributed by atoms with Crippen molar-refractivity contribution in [3.8, 4) is 11.1 Å². The van der Waals surface area contributed by atoms with Gasteiger partial charge in [-0.1, -0.05) is 24.3 Å². The van der Waals surface area contributed by atoms with E-state index >= 15 is 0 Å². The summed E-state index contributed by atoms with van der Waals surface area (Å²) in [6.45, 7) is 0.500. The van der Waals surface area contributed by atoms with Crippen LogP contribution in [0.2, 0.25) is 0 Å². The van der Waals surface area contributed by atoms with Gasteiger partial charge in [0.15, 0.2) is 0 Å². The zero-order valence-corrected chi connectivity index (χ0v) is 16.9. The summed E-state index contributed by atoms with van der Waals surface area (Å²) in [6.07, 6.45) is -7.04. The van der Waals surface area contributed by atoms with Gasteiger partial charge in [0.25, 0.3) is 0 Å². The number of ether oxygens (including phenoxy) is 1. The van der Waals surface area contributed by atoms with Crippen LogP contribution in [0.25, 0.3) is 11.1 Å². The van der Waals surface area contributed by atoms with Crippen LogP contribution in [0.1, 0.15) is 11.3 Å². The Labute approximate surface area is 185 Å². The number of hydrogen-bond acceptors (Lipinski definition) is 5. The number of cyclic esters (lactones) is 1. The van der Waals surface area contributed by atoms with Crippen molar-refractivity contribution in [1.82, 2.24) is 9.97 Å². The molecule has 0 aliphatic carbocycles. The monoisotopic (exact) mass is 464 g/mol. The highest BCUT2D eigenvalue weighted by atomic mass is 19.4. The number of rotatable bonds is 6. The van der Waals surface area contributed by atoms with E-state index in [1.807, 2.05) is 0 Å². The first-order chi connectivity index (χ1) is 15.7. The minimum atomic E-state index is -4.63. The number of hydrogen-bond donors (Lipinski definition) is 1. The van der Waals surface area contributed by atoms with Gasteiger partial charge in [-0.25, -0.2) is 23.5 Å². The Bertz CT molecular complexity index is 1150. The van der Waals surface area contributed by atoms with Crippen LogP contribution in [-0.4, -0.2) is 35.6 Å². The lowest BCUT2D eigenvalue weighted by atomic mass is 10.0. The molecular weight excluding hydrogens is 447 g/mol. The normalized spacial score (nSPS) is 14.0. The summed E-state index contributed by atoms with van der Waals surface area (Å²) in [5.41, 5.74) is 1.40. The highest BCUT2D eigenvalue weighted by Gasteiger charge is 2.33. The first-order valence-electron chi connectivity index (χ1n) is 9.83. The minimum absolute atomic E-state index is 0.199. The maximum atomic E-state index is 13.0. The minimum Gasteiger partial charge on any atom is -0.447 e. The van der Waals surface area contributed by atoms with Crippen molar-refractivity contribution >= 4 is 23.4 Å². The molecule has 1 aliphatic rings. The summed E-state index contributed by atoms with van der Waals surface area (Å²) in [4.78, 5) is 20.8. The standard InChI is InChI=1S/C22H17F5N4O2/c23-19(24)9-13-1-3-14(4-2-13)15-10-16(12-17(11-15)31-7-8-33-21(31)32)29-20-28-6-5-18(30-20)22(25,26)27/h1-6,10-12,19H,7-9H2,(H,28,29,30). The molecule has 1 fully saturated rings. The molecule has 1 saturated heterocycles. The molecule has 11 heteroatoms. The number of carbonyl (C=O) groups is 1. The van der Waals surface area contributed by atoms with Crippen LogP contribution in [0.5, 0.6) is 0 Å². The van der Waals surface area contributed by atoms with E-state index in [4.69, 9.17) is 4.74 Å². The molecule has 0 atom stereocenters. The molecule has 2 heterocycles. The number of anilines is 3. The molecule has 1 aliphatic heterocycles. The van der Waals surface area contributed by atoms with Gasteiger partial charge in [-0.2, -0.15) is 13.2 Å². The smallest absolute Gasteiger partial charge is 0.433 e. The second-order valence-corrected chi connectivity index (χ2v) is 7.21. The fourth-order valence-electron chi connectivity index (χ4n) is 3.35. The van der Waals surface area contributed by atoms with Crippen LogP contribution in [0, 0.1) is 0 Å². The highest BCUT2D eigenvalue weighted by Crippen LogP contribution is 2.33. The van der Waals surface area contributed by atoms with Gasteiger partial charge in [-0.3, -0.25) is 4.90 Å².